The van der Waals surface area contributed by atoms with Crippen LogP contribution in [0.3, 0.4) is 0 Å². The van der Waals surface area contributed by atoms with E-state index in [2.05, 4.69) is 15.3 Å². The number of hydrogen-bond donors (Lipinski definition) is 1. The number of nitrogens with zero attached hydrogens (tertiary/aromatic N) is 2. The molecule has 0 spiro atoms. The first-order chi connectivity index (χ1) is 26.4. The molecule has 5 aromatic rings. The van der Waals surface area contributed by atoms with Crippen LogP contribution in [0.5, 0.6) is 5.75 Å². The maximum atomic E-state index is 14.5. The highest BCUT2D eigenvalue weighted by Crippen LogP contribution is 2.49. The van der Waals surface area contributed by atoms with Gasteiger partial charge in [0.1, 0.15) is 41.8 Å². The first-order valence-corrected chi connectivity index (χ1v) is 17.4. The Kier molecular flexibility index (Phi) is 6.92. The maximum absolute atomic E-state index is 14.5. The fourth-order valence-electron chi connectivity index (χ4n) is 5.80. The third-order valence-corrected chi connectivity index (χ3v) is 12.8. The number of hydrogen-bond acceptors (Lipinski definition) is 7. The Balaban J connectivity index is 1.48. The number of aromatic nitrogens is 2. The SMILES string of the molecule is [2H]c1c([2H])c(F)c([2H])c(C([2H])([2H])Oc2c([2H])c([2H])c(Nc3ncnc4ccc(-c5ccc(C(C)(C)CC(C)(C)C(C)(C)S(=O)(=O)C(C)(C)C)o5)cc34)c([2H])c2Cl)c1[2H]. The average molecular weight is 715 g/mol. The lowest BCUT2D eigenvalue weighted by molar-refractivity contribution is 0.181. The van der Waals surface area contributed by atoms with Gasteiger partial charge >= 0.3 is 0 Å². The van der Waals surface area contributed by atoms with Crippen molar-refractivity contribution < 1.29 is 34.3 Å². The minimum Gasteiger partial charge on any atom is -0.487 e. The number of sulfone groups is 1. The Morgan fingerprint density at radius 2 is 1.71 bits per heavy atom. The van der Waals surface area contributed by atoms with E-state index in [0.29, 0.717) is 34.4 Å². The van der Waals surface area contributed by atoms with Gasteiger partial charge in [-0.15, -0.1) is 0 Å². The highest BCUT2D eigenvalue weighted by Gasteiger charge is 2.53. The standard InChI is InChI=1S/C39H45ClFN3O4S/c1-36(2,3)49(45,46)39(8,9)38(6,7)23-37(4,5)34-18-17-32(48-34)26-13-15-31-29(20-26)35(43-24-42-31)44-28-14-16-33(30(40)21-28)47-22-25-11-10-12-27(41)19-25/h10-21,24H,22-23H2,1-9H3,(H,42,43,44)/i10D,11D,12D,14D,16D,19D,21D,22D2. The summed E-state index contributed by atoms with van der Waals surface area (Å²) < 4.78 is 126. The number of ether oxygens (including phenoxy) is 1. The van der Waals surface area contributed by atoms with Crippen molar-refractivity contribution >= 4 is 43.8 Å². The van der Waals surface area contributed by atoms with Gasteiger partial charge in [0.15, 0.2) is 9.84 Å². The molecule has 0 aliphatic heterocycles. The molecule has 1 N–H and O–H groups in total. The third-order valence-electron chi connectivity index (χ3n) is 9.01. The minimum atomic E-state index is -3.56. The Morgan fingerprint density at radius 1 is 0.980 bits per heavy atom. The van der Waals surface area contributed by atoms with Crippen LogP contribution in [-0.4, -0.2) is 27.9 Å². The molecule has 0 aliphatic carbocycles. The van der Waals surface area contributed by atoms with Gasteiger partial charge in [0.05, 0.1) is 32.4 Å². The van der Waals surface area contributed by atoms with E-state index in [1.54, 1.807) is 58.9 Å². The van der Waals surface area contributed by atoms with Crippen LogP contribution < -0.4 is 10.1 Å². The van der Waals surface area contributed by atoms with Crippen molar-refractivity contribution in [3.8, 4) is 17.1 Å². The molecule has 2 heterocycles. The van der Waals surface area contributed by atoms with Gasteiger partial charge in [-0.1, -0.05) is 51.4 Å². The van der Waals surface area contributed by atoms with Crippen molar-refractivity contribution in [3.63, 3.8) is 0 Å². The van der Waals surface area contributed by atoms with Crippen LogP contribution in [0.2, 0.25) is 5.02 Å². The van der Waals surface area contributed by atoms with Gasteiger partial charge in [0.2, 0.25) is 0 Å². The van der Waals surface area contributed by atoms with Crippen LogP contribution in [0.1, 0.15) is 92.4 Å². The zero-order chi connectivity index (χ0) is 43.9. The zero-order valence-corrected chi connectivity index (χ0v) is 30.4. The van der Waals surface area contributed by atoms with Crippen molar-refractivity contribution in [1.82, 2.24) is 9.97 Å². The van der Waals surface area contributed by atoms with Crippen molar-refractivity contribution in [1.29, 1.82) is 0 Å². The number of rotatable bonds is 11. The van der Waals surface area contributed by atoms with Gasteiger partial charge in [-0.05, 0) is 113 Å². The lowest BCUT2D eigenvalue weighted by atomic mass is 9.68. The lowest BCUT2D eigenvalue weighted by Gasteiger charge is -2.47. The second-order valence-electron chi connectivity index (χ2n) is 14.6. The van der Waals surface area contributed by atoms with E-state index < -0.39 is 101 Å². The summed E-state index contributed by atoms with van der Waals surface area (Å²) in [4.78, 5) is 8.64. The molecular formula is C39H45ClFN3O4S. The molecule has 0 fully saturated rings. The van der Waals surface area contributed by atoms with Crippen molar-refractivity contribution in [2.24, 2.45) is 5.41 Å². The van der Waals surface area contributed by atoms with Gasteiger partial charge in [0.25, 0.3) is 0 Å². The summed E-state index contributed by atoms with van der Waals surface area (Å²) in [5.74, 6) is -1.09. The average Bonchev–Trinajstić information content (AvgIpc) is 3.63. The number of halogens is 2. The number of anilines is 2. The molecule has 5 rings (SSSR count). The van der Waals surface area contributed by atoms with E-state index in [0.717, 1.165) is 0 Å². The lowest BCUT2D eigenvalue weighted by Crippen LogP contribution is -2.54. The van der Waals surface area contributed by atoms with E-state index >= 15 is 0 Å². The summed E-state index contributed by atoms with van der Waals surface area (Å²) in [6.45, 7) is 13.4. The largest absolute Gasteiger partial charge is 0.487 e. The number of fused-ring (bicyclic) bond motifs is 1. The van der Waals surface area contributed by atoms with Crippen LogP contribution >= 0.6 is 11.6 Å². The van der Waals surface area contributed by atoms with Crippen molar-refractivity contribution in [3.05, 3.63) is 101 Å². The van der Waals surface area contributed by atoms with Crippen LogP contribution in [0, 0.1) is 11.2 Å². The van der Waals surface area contributed by atoms with E-state index in [1.165, 1.54) is 6.33 Å². The predicted octanol–water partition coefficient (Wildman–Crippen LogP) is 10.7. The topological polar surface area (TPSA) is 94.3 Å². The second-order valence-corrected chi connectivity index (χ2v) is 18.2. The van der Waals surface area contributed by atoms with E-state index in [-0.39, 0.29) is 11.5 Å². The molecule has 0 saturated heterocycles. The summed E-state index contributed by atoms with van der Waals surface area (Å²) in [6.07, 6.45) is 1.73. The van der Waals surface area contributed by atoms with Crippen LogP contribution in [0.25, 0.3) is 22.2 Å². The molecule has 260 valence electrons. The fourth-order valence-corrected chi connectivity index (χ4v) is 8.31. The quantitative estimate of drug-likeness (QED) is 0.145. The zero-order valence-electron chi connectivity index (χ0n) is 37.9. The Morgan fingerprint density at radius 3 is 2.43 bits per heavy atom. The Bertz CT molecular complexity index is 2520. The highest BCUT2D eigenvalue weighted by atomic mass is 35.5. The van der Waals surface area contributed by atoms with Crippen molar-refractivity contribution in [2.45, 2.75) is 90.2 Å². The molecular weight excluding hydrogens is 661 g/mol. The van der Waals surface area contributed by atoms with E-state index in [4.69, 9.17) is 33.1 Å². The number of furan rings is 1. The smallest absolute Gasteiger partial charge is 0.160 e. The normalized spacial score (nSPS) is 16.0. The molecule has 0 bridgehead atoms. The number of nitrogens with one attached hydrogen (secondary N) is 1. The van der Waals surface area contributed by atoms with Crippen LogP contribution in [0.4, 0.5) is 15.9 Å². The summed E-state index contributed by atoms with van der Waals surface area (Å²) in [5, 5.41) is 2.69. The third kappa shape index (κ3) is 7.33. The fraction of sp³-hybridized carbons (Fsp3) is 0.385. The molecule has 2 aromatic heterocycles. The maximum Gasteiger partial charge on any atom is 0.160 e. The molecule has 7 nitrogen and oxygen atoms in total. The molecule has 0 radical (unpaired) electrons. The van der Waals surface area contributed by atoms with Crippen molar-refractivity contribution in [2.75, 3.05) is 5.32 Å². The second kappa shape index (κ2) is 13.1. The van der Waals surface area contributed by atoms with Gasteiger partial charge in [0, 0.05) is 22.1 Å². The Labute approximate surface area is 306 Å². The molecule has 49 heavy (non-hydrogen) atoms. The Hall–Kier alpha value is -3.95. The summed E-state index contributed by atoms with van der Waals surface area (Å²) >= 11 is 6.44. The molecule has 0 atom stereocenters. The number of benzene rings is 3. The van der Waals surface area contributed by atoms with E-state index in [1.807, 2.05) is 33.8 Å². The molecule has 0 unspecified atom stereocenters. The van der Waals surface area contributed by atoms with Crippen LogP contribution in [0.15, 0.2) is 83.4 Å². The molecule has 3 aromatic carbocycles. The van der Waals surface area contributed by atoms with E-state index in [9.17, 15) is 12.8 Å². The monoisotopic (exact) mass is 714 g/mol. The molecule has 0 saturated carbocycles. The summed E-state index contributed by atoms with van der Waals surface area (Å²) in [5.41, 5.74) is -1.49. The van der Waals surface area contributed by atoms with Gasteiger partial charge in [-0.25, -0.2) is 22.8 Å². The summed E-state index contributed by atoms with van der Waals surface area (Å²) in [6, 6.07) is 2.62. The van der Waals surface area contributed by atoms with Gasteiger partial charge in [-0.2, -0.15) is 0 Å². The van der Waals surface area contributed by atoms with Gasteiger partial charge < -0.3 is 14.5 Å². The highest BCUT2D eigenvalue weighted by molar-refractivity contribution is 7.94. The molecule has 10 heteroatoms. The summed E-state index contributed by atoms with van der Waals surface area (Å²) in [7, 11) is -3.56. The predicted molar refractivity (Wildman–Crippen MR) is 197 cm³/mol. The van der Waals surface area contributed by atoms with Crippen LogP contribution in [-0.2, 0) is 21.8 Å². The van der Waals surface area contributed by atoms with Gasteiger partial charge in [-0.3, -0.25) is 0 Å². The first-order valence-electron chi connectivity index (χ1n) is 20.0. The minimum absolute atomic E-state index is 0.121. The molecule has 0 aliphatic rings. The molecule has 0 amide bonds. The first kappa shape index (κ1) is 25.9.